The molecule has 2 amide bonds. The second kappa shape index (κ2) is 9.15. The molecule has 3 N–H and O–H groups in total. The number of amides is 2. The molecule has 6 heteroatoms. The Kier molecular flexibility index (Phi) is 6.72. The average molecular weight is 435 g/mol. The molecular formula is C26H34N4O2. The number of aryl methyl sites for hydroxylation is 1. The van der Waals surface area contributed by atoms with Crippen molar-refractivity contribution in [2.45, 2.75) is 65.6 Å². The lowest BCUT2D eigenvalue weighted by molar-refractivity contribution is -0.132. The third kappa shape index (κ3) is 4.85. The first kappa shape index (κ1) is 23.5. The molecule has 0 radical (unpaired) electrons. The lowest BCUT2D eigenvalue weighted by atomic mass is 9.83. The highest BCUT2D eigenvalue weighted by Gasteiger charge is 2.41. The van der Waals surface area contributed by atoms with Gasteiger partial charge in [-0.3, -0.25) is 19.9 Å². The van der Waals surface area contributed by atoms with Gasteiger partial charge in [-0.1, -0.05) is 55.8 Å². The highest BCUT2D eigenvalue weighted by Crippen LogP contribution is 2.31. The molecule has 0 spiro atoms. The summed E-state index contributed by atoms with van der Waals surface area (Å²) in [5.41, 5.74) is 3.11. The van der Waals surface area contributed by atoms with Crippen molar-refractivity contribution in [3.8, 4) is 0 Å². The van der Waals surface area contributed by atoms with Crippen molar-refractivity contribution >= 4 is 17.8 Å². The van der Waals surface area contributed by atoms with E-state index in [4.69, 9.17) is 5.41 Å². The van der Waals surface area contributed by atoms with Crippen LogP contribution < -0.4 is 10.6 Å². The Bertz CT molecular complexity index is 1010. The van der Waals surface area contributed by atoms with Gasteiger partial charge in [0.2, 0.25) is 5.91 Å². The van der Waals surface area contributed by atoms with Gasteiger partial charge < -0.3 is 10.6 Å². The summed E-state index contributed by atoms with van der Waals surface area (Å²) in [6, 6.07) is 14.9. The SMILES string of the molecule is Cc1cccc([C@H](C)NC(=O)c2cccc([C@@H](C)N3C(=N)N[C@](C)(C(C)C)CC3=O)c2)c1. The van der Waals surface area contributed by atoms with Gasteiger partial charge in [0, 0.05) is 11.1 Å². The van der Waals surface area contributed by atoms with Crippen LogP contribution in [0.25, 0.3) is 0 Å². The Morgan fingerprint density at radius 1 is 1.09 bits per heavy atom. The van der Waals surface area contributed by atoms with Gasteiger partial charge in [0.05, 0.1) is 18.5 Å². The van der Waals surface area contributed by atoms with E-state index in [0.29, 0.717) is 12.0 Å². The average Bonchev–Trinajstić information content (AvgIpc) is 2.73. The number of rotatable bonds is 6. The molecule has 3 atom stereocenters. The van der Waals surface area contributed by atoms with Crippen LogP contribution >= 0.6 is 0 Å². The molecule has 0 aromatic heterocycles. The predicted molar refractivity (Wildman–Crippen MR) is 127 cm³/mol. The standard InChI is InChI=1S/C26H34N4O2/c1-16(2)26(6)15-23(31)30(25(27)29-26)19(5)21-11-8-12-22(14-21)24(32)28-18(4)20-10-7-9-17(3)13-20/h7-14,16,18-19H,15H2,1-6H3,(H2,27,29)(H,28,32)/t18-,19+,26-/m0/s1. The molecule has 6 nitrogen and oxygen atoms in total. The monoisotopic (exact) mass is 434 g/mol. The third-order valence-corrected chi connectivity index (χ3v) is 6.61. The van der Waals surface area contributed by atoms with Crippen molar-refractivity contribution in [3.05, 3.63) is 70.8 Å². The molecule has 1 aliphatic heterocycles. The molecule has 0 unspecified atom stereocenters. The van der Waals surface area contributed by atoms with Crippen LogP contribution in [0.4, 0.5) is 0 Å². The fraction of sp³-hybridized carbons (Fsp3) is 0.423. The molecule has 1 heterocycles. The number of benzene rings is 2. The molecule has 3 rings (SSSR count). The smallest absolute Gasteiger partial charge is 0.251 e. The molecular weight excluding hydrogens is 400 g/mol. The minimum absolute atomic E-state index is 0.0830. The van der Waals surface area contributed by atoms with Crippen LogP contribution in [-0.2, 0) is 4.79 Å². The van der Waals surface area contributed by atoms with Gasteiger partial charge in [-0.15, -0.1) is 0 Å². The van der Waals surface area contributed by atoms with Gasteiger partial charge in [0.1, 0.15) is 0 Å². The first-order valence-corrected chi connectivity index (χ1v) is 11.2. The van der Waals surface area contributed by atoms with Crippen molar-refractivity contribution in [1.29, 1.82) is 5.41 Å². The van der Waals surface area contributed by atoms with Crippen LogP contribution in [0, 0.1) is 18.3 Å². The maximum atomic E-state index is 13.0. The third-order valence-electron chi connectivity index (χ3n) is 6.61. The second-order valence-corrected chi connectivity index (χ2v) is 9.40. The van der Waals surface area contributed by atoms with E-state index >= 15 is 0 Å². The predicted octanol–water partition coefficient (Wildman–Crippen LogP) is 4.72. The topological polar surface area (TPSA) is 85.3 Å². The zero-order chi connectivity index (χ0) is 23.6. The number of guanidine groups is 1. The van der Waals surface area contributed by atoms with E-state index in [1.165, 1.54) is 4.90 Å². The molecule has 0 bridgehead atoms. The summed E-state index contributed by atoms with van der Waals surface area (Å²) in [6.07, 6.45) is 0.325. The minimum atomic E-state index is -0.432. The molecule has 1 aliphatic rings. The van der Waals surface area contributed by atoms with Crippen molar-refractivity contribution < 1.29 is 9.59 Å². The van der Waals surface area contributed by atoms with Crippen LogP contribution in [0.5, 0.6) is 0 Å². The summed E-state index contributed by atoms with van der Waals surface area (Å²) < 4.78 is 0. The van der Waals surface area contributed by atoms with Crippen molar-refractivity contribution in [2.24, 2.45) is 5.92 Å². The molecule has 0 saturated carbocycles. The summed E-state index contributed by atoms with van der Waals surface area (Å²) in [6.45, 7) is 12.0. The van der Waals surface area contributed by atoms with Crippen molar-refractivity contribution in [3.63, 3.8) is 0 Å². The number of carbonyl (C=O) groups is 2. The fourth-order valence-corrected chi connectivity index (χ4v) is 4.05. The number of hydrogen-bond acceptors (Lipinski definition) is 3. The van der Waals surface area contributed by atoms with E-state index in [9.17, 15) is 9.59 Å². The summed E-state index contributed by atoms with van der Waals surface area (Å²) >= 11 is 0. The molecule has 170 valence electrons. The summed E-state index contributed by atoms with van der Waals surface area (Å²) in [4.78, 5) is 27.3. The van der Waals surface area contributed by atoms with Crippen LogP contribution in [0.3, 0.4) is 0 Å². The second-order valence-electron chi connectivity index (χ2n) is 9.40. The van der Waals surface area contributed by atoms with Crippen LogP contribution in [-0.4, -0.2) is 28.2 Å². The van der Waals surface area contributed by atoms with Crippen LogP contribution in [0.15, 0.2) is 48.5 Å². The van der Waals surface area contributed by atoms with Gasteiger partial charge >= 0.3 is 0 Å². The van der Waals surface area contributed by atoms with E-state index in [1.54, 1.807) is 12.1 Å². The highest BCUT2D eigenvalue weighted by atomic mass is 16.2. The lowest BCUT2D eigenvalue weighted by Crippen LogP contribution is -2.63. The molecule has 1 saturated heterocycles. The highest BCUT2D eigenvalue weighted by molar-refractivity contribution is 5.99. The quantitative estimate of drug-likeness (QED) is 0.615. The van der Waals surface area contributed by atoms with Gasteiger partial charge in [-0.2, -0.15) is 0 Å². The molecule has 1 fully saturated rings. The molecule has 2 aromatic rings. The van der Waals surface area contributed by atoms with E-state index in [-0.39, 0.29) is 35.8 Å². The number of nitrogens with zero attached hydrogens (tertiary/aromatic N) is 1. The summed E-state index contributed by atoms with van der Waals surface area (Å²) in [5, 5.41) is 14.7. The van der Waals surface area contributed by atoms with Crippen LogP contribution in [0.1, 0.15) is 80.2 Å². The number of hydrogen-bond donors (Lipinski definition) is 3. The van der Waals surface area contributed by atoms with E-state index < -0.39 is 5.54 Å². The molecule has 0 aliphatic carbocycles. The Labute approximate surface area is 190 Å². The molecule has 32 heavy (non-hydrogen) atoms. The van der Waals surface area contributed by atoms with Gasteiger partial charge in [0.25, 0.3) is 5.91 Å². The van der Waals surface area contributed by atoms with Gasteiger partial charge in [0.15, 0.2) is 5.96 Å². The fourth-order valence-electron chi connectivity index (χ4n) is 4.05. The normalized spacial score (nSPS) is 20.7. The Balaban J connectivity index is 1.76. The van der Waals surface area contributed by atoms with E-state index in [1.807, 2.05) is 71.9 Å². The Morgan fingerprint density at radius 3 is 2.38 bits per heavy atom. The van der Waals surface area contributed by atoms with Crippen molar-refractivity contribution in [2.75, 3.05) is 0 Å². The maximum absolute atomic E-state index is 13.0. The van der Waals surface area contributed by atoms with Crippen molar-refractivity contribution in [1.82, 2.24) is 15.5 Å². The zero-order valence-corrected chi connectivity index (χ0v) is 19.8. The largest absolute Gasteiger partial charge is 0.350 e. The molecule has 2 aromatic carbocycles. The van der Waals surface area contributed by atoms with E-state index in [0.717, 1.165) is 16.7 Å². The number of carbonyl (C=O) groups excluding carboxylic acids is 2. The Morgan fingerprint density at radius 2 is 1.75 bits per heavy atom. The first-order chi connectivity index (χ1) is 15.0. The van der Waals surface area contributed by atoms with Crippen LogP contribution in [0.2, 0.25) is 0 Å². The van der Waals surface area contributed by atoms with Gasteiger partial charge in [-0.25, -0.2) is 0 Å². The zero-order valence-electron chi connectivity index (χ0n) is 19.8. The summed E-state index contributed by atoms with van der Waals surface area (Å²) in [7, 11) is 0. The van der Waals surface area contributed by atoms with E-state index in [2.05, 4.69) is 16.7 Å². The minimum Gasteiger partial charge on any atom is -0.350 e. The van der Waals surface area contributed by atoms with Gasteiger partial charge in [-0.05, 0) is 56.9 Å². The maximum Gasteiger partial charge on any atom is 0.251 e. The first-order valence-electron chi connectivity index (χ1n) is 11.2. The Hall–Kier alpha value is -3.15. The number of nitrogens with one attached hydrogen (secondary N) is 3. The lowest BCUT2D eigenvalue weighted by Gasteiger charge is -2.45. The summed E-state index contributed by atoms with van der Waals surface area (Å²) in [5.74, 6) is 0.0681.